The summed E-state index contributed by atoms with van der Waals surface area (Å²) in [4.78, 5) is 14.1. The lowest BCUT2D eigenvalue weighted by Crippen LogP contribution is -2.55. The van der Waals surface area contributed by atoms with Crippen molar-refractivity contribution in [3.8, 4) is 5.75 Å². The monoisotopic (exact) mass is 292 g/mol. The maximum Gasteiger partial charge on any atom is 0.324 e. The Morgan fingerprint density at radius 2 is 2.19 bits per heavy atom. The first-order chi connectivity index (χ1) is 10.3. The molecule has 116 valence electrons. The van der Waals surface area contributed by atoms with Gasteiger partial charge in [-0.15, -0.1) is 0 Å². The summed E-state index contributed by atoms with van der Waals surface area (Å²) in [5.74, 6) is 0.758. The van der Waals surface area contributed by atoms with Gasteiger partial charge in [0.25, 0.3) is 0 Å². The number of para-hydroxylation sites is 1. The lowest BCUT2D eigenvalue weighted by molar-refractivity contribution is -0.150. The minimum absolute atomic E-state index is 0.131. The topological polar surface area (TPSA) is 50.8 Å². The molecule has 5 heteroatoms. The SMILES string of the molecule is CCOC(=O)C1CNCCN1CCCOc1ccccc1. The molecule has 0 aliphatic carbocycles. The Hall–Kier alpha value is -1.59. The Labute approximate surface area is 126 Å². The normalized spacial score (nSPS) is 19.2. The van der Waals surface area contributed by atoms with Crippen molar-refractivity contribution in [3.05, 3.63) is 30.3 Å². The zero-order valence-corrected chi connectivity index (χ0v) is 12.6. The van der Waals surface area contributed by atoms with Crippen molar-refractivity contribution < 1.29 is 14.3 Å². The van der Waals surface area contributed by atoms with Crippen molar-refractivity contribution in [1.29, 1.82) is 0 Å². The molecule has 1 aliphatic rings. The van der Waals surface area contributed by atoms with Gasteiger partial charge < -0.3 is 14.8 Å². The van der Waals surface area contributed by atoms with Crippen LogP contribution in [-0.2, 0) is 9.53 Å². The molecule has 1 aromatic rings. The summed E-state index contributed by atoms with van der Waals surface area (Å²) in [7, 11) is 0. The van der Waals surface area contributed by atoms with Crippen LogP contribution in [0.5, 0.6) is 5.75 Å². The smallest absolute Gasteiger partial charge is 0.324 e. The van der Waals surface area contributed by atoms with Crippen molar-refractivity contribution in [2.24, 2.45) is 0 Å². The van der Waals surface area contributed by atoms with E-state index >= 15 is 0 Å². The highest BCUT2D eigenvalue weighted by atomic mass is 16.5. The molecule has 1 unspecified atom stereocenters. The summed E-state index contributed by atoms with van der Waals surface area (Å²) in [6, 6.07) is 9.62. The van der Waals surface area contributed by atoms with Gasteiger partial charge in [0.05, 0.1) is 13.2 Å². The van der Waals surface area contributed by atoms with E-state index in [4.69, 9.17) is 9.47 Å². The summed E-state index contributed by atoms with van der Waals surface area (Å²) < 4.78 is 10.8. The number of piperazine rings is 1. The van der Waals surface area contributed by atoms with E-state index < -0.39 is 0 Å². The van der Waals surface area contributed by atoms with Crippen molar-refractivity contribution in [1.82, 2.24) is 10.2 Å². The molecule has 1 atom stereocenters. The van der Waals surface area contributed by atoms with Gasteiger partial charge in [0.1, 0.15) is 11.8 Å². The number of hydrogen-bond acceptors (Lipinski definition) is 5. The number of ether oxygens (including phenoxy) is 2. The minimum Gasteiger partial charge on any atom is -0.494 e. The highest BCUT2D eigenvalue weighted by molar-refractivity contribution is 5.76. The Kier molecular flexibility index (Phi) is 6.50. The van der Waals surface area contributed by atoms with Crippen LogP contribution in [0, 0.1) is 0 Å². The first-order valence-electron chi connectivity index (χ1n) is 7.60. The molecule has 0 aromatic heterocycles. The third-order valence-corrected chi connectivity index (χ3v) is 3.51. The van der Waals surface area contributed by atoms with Gasteiger partial charge in [0.2, 0.25) is 0 Å². The lowest BCUT2D eigenvalue weighted by atomic mass is 10.2. The Morgan fingerprint density at radius 3 is 2.95 bits per heavy atom. The molecular weight excluding hydrogens is 268 g/mol. The van der Waals surface area contributed by atoms with Crippen LogP contribution in [0.15, 0.2) is 30.3 Å². The largest absolute Gasteiger partial charge is 0.494 e. The van der Waals surface area contributed by atoms with Gasteiger partial charge in [-0.3, -0.25) is 9.69 Å². The number of benzene rings is 1. The molecule has 1 saturated heterocycles. The highest BCUT2D eigenvalue weighted by Gasteiger charge is 2.29. The molecule has 1 fully saturated rings. The summed E-state index contributed by atoms with van der Waals surface area (Å²) in [5.41, 5.74) is 0. The van der Waals surface area contributed by atoms with Crippen LogP contribution < -0.4 is 10.1 Å². The molecule has 0 radical (unpaired) electrons. The average Bonchev–Trinajstić information content (AvgIpc) is 2.53. The first kappa shape index (κ1) is 15.8. The second-order valence-corrected chi connectivity index (χ2v) is 5.02. The third-order valence-electron chi connectivity index (χ3n) is 3.51. The molecule has 5 nitrogen and oxygen atoms in total. The minimum atomic E-state index is -0.171. The van der Waals surface area contributed by atoms with Gasteiger partial charge in [0.15, 0.2) is 0 Å². The van der Waals surface area contributed by atoms with Crippen LogP contribution in [0.2, 0.25) is 0 Å². The zero-order chi connectivity index (χ0) is 14.9. The standard InChI is InChI=1S/C16H24N2O3/c1-2-20-16(19)15-13-17-9-11-18(15)10-6-12-21-14-7-4-3-5-8-14/h3-5,7-8,15,17H,2,6,9-13H2,1H3. The van der Waals surface area contributed by atoms with E-state index in [1.54, 1.807) is 0 Å². The molecular formula is C16H24N2O3. The zero-order valence-electron chi connectivity index (χ0n) is 12.6. The Balaban J connectivity index is 1.73. The summed E-state index contributed by atoms with van der Waals surface area (Å²) in [6.45, 7) is 6.22. The second-order valence-electron chi connectivity index (χ2n) is 5.02. The quantitative estimate of drug-likeness (QED) is 0.606. The summed E-state index contributed by atoms with van der Waals surface area (Å²) in [5, 5.41) is 3.25. The molecule has 0 bridgehead atoms. The van der Waals surface area contributed by atoms with Gasteiger partial charge in [-0.25, -0.2) is 0 Å². The van der Waals surface area contributed by atoms with Gasteiger partial charge in [-0.2, -0.15) is 0 Å². The number of rotatable bonds is 7. The number of nitrogens with zero attached hydrogens (tertiary/aromatic N) is 1. The van der Waals surface area contributed by atoms with Crippen LogP contribution in [-0.4, -0.2) is 56.3 Å². The van der Waals surface area contributed by atoms with Gasteiger partial charge in [-0.05, 0) is 25.5 Å². The van der Waals surface area contributed by atoms with E-state index in [-0.39, 0.29) is 12.0 Å². The van der Waals surface area contributed by atoms with Gasteiger partial charge >= 0.3 is 5.97 Å². The van der Waals surface area contributed by atoms with E-state index in [0.29, 0.717) is 19.8 Å². The number of carbonyl (C=O) groups excluding carboxylic acids is 1. The molecule has 2 rings (SSSR count). The predicted octanol–water partition coefficient (Wildman–Crippen LogP) is 1.29. The maximum atomic E-state index is 11.9. The molecule has 1 N–H and O–H groups in total. The van der Waals surface area contributed by atoms with Crippen LogP contribution >= 0.6 is 0 Å². The summed E-state index contributed by atoms with van der Waals surface area (Å²) in [6.07, 6.45) is 0.894. The number of nitrogens with one attached hydrogen (secondary N) is 1. The van der Waals surface area contributed by atoms with E-state index in [2.05, 4.69) is 10.2 Å². The van der Waals surface area contributed by atoms with Crippen LogP contribution in [0.1, 0.15) is 13.3 Å². The predicted molar refractivity (Wildman–Crippen MR) is 81.4 cm³/mol. The van der Waals surface area contributed by atoms with E-state index in [1.165, 1.54) is 0 Å². The van der Waals surface area contributed by atoms with Gasteiger partial charge in [0, 0.05) is 26.2 Å². The van der Waals surface area contributed by atoms with Gasteiger partial charge in [-0.1, -0.05) is 18.2 Å². The van der Waals surface area contributed by atoms with Crippen molar-refractivity contribution in [2.75, 3.05) is 39.4 Å². The second kappa shape index (κ2) is 8.64. The Bertz CT molecular complexity index is 425. The maximum absolute atomic E-state index is 11.9. The fraction of sp³-hybridized carbons (Fsp3) is 0.562. The van der Waals surface area contributed by atoms with Crippen molar-refractivity contribution >= 4 is 5.97 Å². The molecule has 0 amide bonds. The third kappa shape index (κ3) is 5.02. The number of hydrogen-bond donors (Lipinski definition) is 1. The molecule has 0 spiro atoms. The van der Waals surface area contributed by atoms with Crippen molar-refractivity contribution in [2.45, 2.75) is 19.4 Å². The average molecular weight is 292 g/mol. The summed E-state index contributed by atoms with van der Waals surface area (Å²) >= 11 is 0. The molecule has 1 aromatic carbocycles. The highest BCUT2D eigenvalue weighted by Crippen LogP contribution is 2.10. The van der Waals surface area contributed by atoms with E-state index in [1.807, 2.05) is 37.3 Å². The molecule has 1 aliphatic heterocycles. The van der Waals surface area contributed by atoms with E-state index in [0.717, 1.165) is 31.8 Å². The molecule has 0 saturated carbocycles. The van der Waals surface area contributed by atoms with Crippen LogP contribution in [0.4, 0.5) is 0 Å². The number of carbonyl (C=O) groups is 1. The fourth-order valence-electron chi connectivity index (χ4n) is 2.46. The van der Waals surface area contributed by atoms with Crippen LogP contribution in [0.3, 0.4) is 0 Å². The lowest BCUT2D eigenvalue weighted by Gasteiger charge is -2.34. The number of esters is 1. The molecule has 21 heavy (non-hydrogen) atoms. The van der Waals surface area contributed by atoms with E-state index in [9.17, 15) is 4.79 Å². The van der Waals surface area contributed by atoms with Crippen molar-refractivity contribution in [3.63, 3.8) is 0 Å². The fourth-order valence-corrected chi connectivity index (χ4v) is 2.46. The first-order valence-corrected chi connectivity index (χ1v) is 7.60. The molecule has 1 heterocycles. The van der Waals surface area contributed by atoms with Crippen LogP contribution in [0.25, 0.3) is 0 Å². The Morgan fingerprint density at radius 1 is 1.38 bits per heavy atom.